The Kier molecular flexibility index (Phi) is 5.04. The first-order valence-electron chi connectivity index (χ1n) is 7.28. The molecule has 2 fully saturated rings. The smallest absolute Gasteiger partial charge is 0.217 e. The topological polar surface area (TPSA) is 57.6 Å². The highest BCUT2D eigenvalue weighted by molar-refractivity contribution is 7.89. The molecule has 2 aliphatic rings. The summed E-state index contributed by atoms with van der Waals surface area (Å²) in [4.78, 5) is 0. The third-order valence-electron chi connectivity index (χ3n) is 4.33. The predicted molar refractivity (Wildman–Crippen MR) is 71.8 cm³/mol. The van der Waals surface area contributed by atoms with Gasteiger partial charge in [0.15, 0.2) is 0 Å². The highest BCUT2D eigenvalue weighted by atomic mass is 32.2. The lowest BCUT2D eigenvalue weighted by Crippen LogP contribution is -2.46. The first-order chi connectivity index (χ1) is 8.66. The Morgan fingerprint density at radius 2 is 1.56 bits per heavy atom. The molecule has 18 heavy (non-hydrogen) atoms. The minimum atomic E-state index is -3.20. The third kappa shape index (κ3) is 3.06. The van der Waals surface area contributed by atoms with E-state index in [1.807, 2.05) is 0 Å². The first-order valence-corrected chi connectivity index (χ1v) is 8.78. The van der Waals surface area contributed by atoms with Crippen LogP contribution in [-0.4, -0.2) is 42.3 Å². The van der Waals surface area contributed by atoms with Gasteiger partial charge in [0.1, 0.15) is 0 Å². The molecule has 1 aliphatic heterocycles. The Bertz CT molecular complexity index is 349. The number of hydrogen-bond donors (Lipinski definition) is 1. The average Bonchev–Trinajstić information content (AvgIpc) is 2.65. The van der Waals surface area contributed by atoms with E-state index in [2.05, 4.69) is 0 Å². The number of aliphatic hydroxyl groups is 1. The summed E-state index contributed by atoms with van der Waals surface area (Å²) < 4.78 is 27.0. The van der Waals surface area contributed by atoms with Crippen molar-refractivity contribution in [1.29, 1.82) is 0 Å². The van der Waals surface area contributed by atoms with Crippen molar-refractivity contribution >= 4 is 10.0 Å². The summed E-state index contributed by atoms with van der Waals surface area (Å²) in [7, 11) is -3.20. The summed E-state index contributed by atoms with van der Waals surface area (Å²) in [5.41, 5.74) is 0. The van der Waals surface area contributed by atoms with E-state index >= 15 is 0 Å². The highest BCUT2D eigenvalue weighted by Crippen LogP contribution is 2.29. The molecule has 0 radical (unpaired) electrons. The maximum absolute atomic E-state index is 12.7. The van der Waals surface area contributed by atoms with Crippen LogP contribution in [-0.2, 0) is 10.0 Å². The molecule has 1 saturated heterocycles. The second-order valence-electron chi connectivity index (χ2n) is 5.60. The van der Waals surface area contributed by atoms with E-state index in [4.69, 9.17) is 0 Å². The first kappa shape index (κ1) is 14.3. The van der Waals surface area contributed by atoms with E-state index in [1.54, 1.807) is 4.31 Å². The van der Waals surface area contributed by atoms with E-state index in [0.29, 0.717) is 6.54 Å². The minimum Gasteiger partial charge on any atom is -0.395 e. The standard InChI is InChI=1S/C13H25NO3S/c15-11-12-7-3-2-6-10-14(12)18(16,17)13-8-4-1-5-9-13/h12-13,15H,1-11H2. The Hall–Kier alpha value is -0.130. The van der Waals surface area contributed by atoms with Crippen LogP contribution in [0.15, 0.2) is 0 Å². The van der Waals surface area contributed by atoms with E-state index in [1.165, 1.54) is 0 Å². The Morgan fingerprint density at radius 1 is 0.944 bits per heavy atom. The number of rotatable bonds is 3. The molecule has 1 N–H and O–H groups in total. The fourth-order valence-corrected chi connectivity index (χ4v) is 5.51. The van der Waals surface area contributed by atoms with Crippen molar-refractivity contribution in [3.05, 3.63) is 0 Å². The molecule has 0 spiro atoms. The molecule has 0 bridgehead atoms. The molecule has 5 heteroatoms. The predicted octanol–water partition coefficient (Wildman–Crippen LogP) is 1.89. The third-order valence-corrected chi connectivity index (χ3v) is 6.78. The quantitative estimate of drug-likeness (QED) is 0.855. The molecule has 0 amide bonds. The van der Waals surface area contributed by atoms with Crippen LogP contribution < -0.4 is 0 Å². The zero-order chi connectivity index (χ0) is 13.0. The Balaban J connectivity index is 2.14. The SMILES string of the molecule is O=S(=O)(C1CCCCC1)N1CCCCCC1CO. The van der Waals surface area contributed by atoms with Gasteiger partial charge < -0.3 is 5.11 Å². The molecule has 0 aromatic heterocycles. The van der Waals surface area contributed by atoms with Gasteiger partial charge in [-0.15, -0.1) is 0 Å². The van der Waals surface area contributed by atoms with Crippen molar-refractivity contribution in [3.8, 4) is 0 Å². The maximum Gasteiger partial charge on any atom is 0.217 e. The van der Waals surface area contributed by atoms with Crippen LogP contribution >= 0.6 is 0 Å². The molecule has 1 atom stereocenters. The fraction of sp³-hybridized carbons (Fsp3) is 1.00. The van der Waals surface area contributed by atoms with Gasteiger partial charge in [-0.2, -0.15) is 4.31 Å². The average molecular weight is 275 g/mol. The summed E-state index contributed by atoms with van der Waals surface area (Å²) in [6.45, 7) is 0.565. The molecule has 106 valence electrons. The lowest BCUT2D eigenvalue weighted by molar-refractivity contribution is 0.184. The summed E-state index contributed by atoms with van der Waals surface area (Å²) in [6.07, 6.45) is 8.67. The van der Waals surface area contributed by atoms with E-state index in [9.17, 15) is 13.5 Å². The van der Waals surface area contributed by atoms with E-state index in [0.717, 1.165) is 57.8 Å². The van der Waals surface area contributed by atoms with Crippen LogP contribution in [0.4, 0.5) is 0 Å². The second kappa shape index (κ2) is 6.35. The van der Waals surface area contributed by atoms with Gasteiger partial charge in [0.2, 0.25) is 10.0 Å². The van der Waals surface area contributed by atoms with Crippen molar-refractivity contribution in [3.63, 3.8) is 0 Å². The van der Waals surface area contributed by atoms with Gasteiger partial charge in [-0.25, -0.2) is 8.42 Å². The van der Waals surface area contributed by atoms with Gasteiger partial charge in [-0.3, -0.25) is 0 Å². The van der Waals surface area contributed by atoms with Gasteiger partial charge >= 0.3 is 0 Å². The molecular formula is C13H25NO3S. The summed E-state index contributed by atoms with van der Waals surface area (Å²) in [6, 6.07) is -0.181. The van der Waals surface area contributed by atoms with Gasteiger partial charge in [-0.05, 0) is 25.7 Å². The monoisotopic (exact) mass is 275 g/mol. The molecule has 0 aromatic carbocycles. The summed E-state index contributed by atoms with van der Waals surface area (Å²) in [5.74, 6) is 0. The molecule has 2 rings (SSSR count). The summed E-state index contributed by atoms with van der Waals surface area (Å²) >= 11 is 0. The van der Waals surface area contributed by atoms with Crippen molar-refractivity contribution in [2.75, 3.05) is 13.2 Å². The lowest BCUT2D eigenvalue weighted by Gasteiger charge is -2.33. The van der Waals surface area contributed by atoms with Crippen LogP contribution in [0.5, 0.6) is 0 Å². The van der Waals surface area contributed by atoms with Crippen LogP contribution in [0.2, 0.25) is 0 Å². The van der Waals surface area contributed by atoms with Gasteiger partial charge in [-0.1, -0.05) is 32.1 Å². The normalized spacial score (nSPS) is 29.1. The zero-order valence-electron chi connectivity index (χ0n) is 11.1. The van der Waals surface area contributed by atoms with Crippen molar-refractivity contribution < 1.29 is 13.5 Å². The number of sulfonamides is 1. The van der Waals surface area contributed by atoms with Crippen molar-refractivity contribution in [1.82, 2.24) is 4.31 Å². The Labute approximate surface area is 110 Å². The number of aliphatic hydroxyl groups excluding tert-OH is 1. The molecule has 0 aromatic rings. The second-order valence-corrected chi connectivity index (χ2v) is 7.77. The van der Waals surface area contributed by atoms with E-state index in [-0.39, 0.29) is 17.9 Å². The van der Waals surface area contributed by atoms with Gasteiger partial charge in [0, 0.05) is 12.6 Å². The number of hydrogen-bond acceptors (Lipinski definition) is 3. The molecular weight excluding hydrogens is 250 g/mol. The van der Waals surface area contributed by atoms with Crippen LogP contribution in [0, 0.1) is 0 Å². The fourth-order valence-electron chi connectivity index (χ4n) is 3.22. The Morgan fingerprint density at radius 3 is 2.22 bits per heavy atom. The number of nitrogens with zero attached hydrogens (tertiary/aromatic N) is 1. The largest absolute Gasteiger partial charge is 0.395 e. The molecule has 1 saturated carbocycles. The van der Waals surface area contributed by atoms with Crippen molar-refractivity contribution in [2.45, 2.75) is 69.1 Å². The van der Waals surface area contributed by atoms with Crippen molar-refractivity contribution in [2.24, 2.45) is 0 Å². The molecule has 1 heterocycles. The van der Waals surface area contributed by atoms with E-state index < -0.39 is 10.0 Å². The van der Waals surface area contributed by atoms with Crippen LogP contribution in [0.3, 0.4) is 0 Å². The zero-order valence-corrected chi connectivity index (χ0v) is 11.9. The maximum atomic E-state index is 12.7. The minimum absolute atomic E-state index is 0.0358. The lowest BCUT2D eigenvalue weighted by atomic mass is 10.0. The molecule has 1 unspecified atom stereocenters. The van der Waals surface area contributed by atoms with Crippen LogP contribution in [0.25, 0.3) is 0 Å². The molecule has 4 nitrogen and oxygen atoms in total. The summed E-state index contributed by atoms with van der Waals surface area (Å²) in [5, 5.41) is 9.25. The van der Waals surface area contributed by atoms with Gasteiger partial charge in [0.05, 0.1) is 11.9 Å². The van der Waals surface area contributed by atoms with Gasteiger partial charge in [0.25, 0.3) is 0 Å². The molecule has 1 aliphatic carbocycles. The highest BCUT2D eigenvalue weighted by Gasteiger charge is 2.37. The van der Waals surface area contributed by atoms with Crippen LogP contribution in [0.1, 0.15) is 57.8 Å².